The molecule has 1 heterocycles. The van der Waals surface area contributed by atoms with E-state index in [4.69, 9.17) is 10.7 Å². The molecule has 1 fully saturated rings. The van der Waals surface area contributed by atoms with Gasteiger partial charge in [-0.3, -0.25) is 0 Å². The van der Waals surface area contributed by atoms with Gasteiger partial charge in [0.2, 0.25) is 0 Å². The molecule has 0 saturated heterocycles. The predicted octanol–water partition coefficient (Wildman–Crippen LogP) is 2.97. The van der Waals surface area contributed by atoms with Crippen LogP contribution in [0.4, 0.5) is 9.59 Å². The molecule has 1 saturated carbocycles. The number of thiazole rings is 1. The first-order valence-corrected chi connectivity index (χ1v) is 10.2. The lowest BCUT2D eigenvalue weighted by Gasteiger charge is -2.48. The van der Waals surface area contributed by atoms with Crippen LogP contribution in [0.25, 0.3) is 10.2 Å². The van der Waals surface area contributed by atoms with Gasteiger partial charge in [0.15, 0.2) is 4.34 Å². The zero-order valence-electron chi connectivity index (χ0n) is 14.8. The highest BCUT2D eigenvalue weighted by molar-refractivity contribution is 8.02. The minimum Gasteiger partial charge on any atom is -0.352 e. The van der Waals surface area contributed by atoms with Gasteiger partial charge in [0.25, 0.3) is 0 Å². The van der Waals surface area contributed by atoms with Gasteiger partial charge in [-0.1, -0.05) is 36.7 Å². The van der Waals surface area contributed by atoms with E-state index in [2.05, 4.69) is 10.6 Å². The number of likely N-dealkylation sites (N-methyl/N-ethyl adjacent to an activating group) is 1. The Balaban J connectivity index is 2.00. The van der Waals surface area contributed by atoms with Gasteiger partial charge < -0.3 is 21.3 Å². The summed E-state index contributed by atoms with van der Waals surface area (Å²) < 4.78 is 1.98. The van der Waals surface area contributed by atoms with E-state index in [1.165, 1.54) is 0 Å². The number of amides is 4. The van der Waals surface area contributed by atoms with E-state index in [1.54, 1.807) is 42.1 Å². The molecule has 9 heteroatoms. The molecule has 0 spiro atoms. The van der Waals surface area contributed by atoms with Crippen molar-refractivity contribution in [1.82, 2.24) is 20.5 Å². The zero-order chi connectivity index (χ0) is 18.7. The first-order chi connectivity index (χ1) is 12.5. The van der Waals surface area contributed by atoms with E-state index in [0.717, 1.165) is 40.2 Å². The predicted molar refractivity (Wildman–Crippen MR) is 105 cm³/mol. The Kier molecular flexibility index (Phi) is 5.57. The van der Waals surface area contributed by atoms with Crippen LogP contribution in [0, 0.1) is 0 Å². The summed E-state index contributed by atoms with van der Waals surface area (Å²) >= 11 is 3.14. The number of hydrogen-bond acceptors (Lipinski definition) is 5. The van der Waals surface area contributed by atoms with Crippen LogP contribution in [0.2, 0.25) is 0 Å². The van der Waals surface area contributed by atoms with Crippen LogP contribution < -0.4 is 16.4 Å². The summed E-state index contributed by atoms with van der Waals surface area (Å²) in [4.78, 5) is 29.8. The Morgan fingerprint density at radius 1 is 1.38 bits per heavy atom. The van der Waals surface area contributed by atoms with Crippen molar-refractivity contribution in [2.75, 3.05) is 14.1 Å². The summed E-state index contributed by atoms with van der Waals surface area (Å²) in [5.74, 6) is 0. The molecule has 2 aromatic rings. The van der Waals surface area contributed by atoms with E-state index in [1.807, 2.05) is 24.3 Å². The number of carbonyl (C=O) groups excluding carboxylic acids is 2. The van der Waals surface area contributed by atoms with Crippen molar-refractivity contribution in [3.05, 3.63) is 24.3 Å². The van der Waals surface area contributed by atoms with Crippen LogP contribution in [0.3, 0.4) is 0 Å². The van der Waals surface area contributed by atoms with Crippen LogP contribution in [-0.4, -0.2) is 47.0 Å². The van der Waals surface area contributed by atoms with Gasteiger partial charge in [-0.2, -0.15) is 0 Å². The van der Waals surface area contributed by atoms with Crippen LogP contribution in [-0.2, 0) is 0 Å². The second kappa shape index (κ2) is 7.71. The molecular weight excluding hydrogens is 370 g/mol. The average Bonchev–Trinajstić information content (AvgIpc) is 3.03. The van der Waals surface area contributed by atoms with Crippen molar-refractivity contribution >= 4 is 45.4 Å². The highest BCUT2D eigenvalue weighted by atomic mass is 32.2. The second-order valence-electron chi connectivity index (χ2n) is 6.32. The van der Waals surface area contributed by atoms with Gasteiger partial charge in [0, 0.05) is 14.1 Å². The van der Waals surface area contributed by atoms with Crippen LogP contribution in [0.1, 0.15) is 25.7 Å². The maximum Gasteiger partial charge on any atom is 0.318 e. The largest absolute Gasteiger partial charge is 0.352 e. The first-order valence-electron chi connectivity index (χ1n) is 8.52. The molecule has 0 aliphatic heterocycles. The number of benzene rings is 1. The molecule has 3 rings (SSSR count). The lowest BCUT2D eigenvalue weighted by atomic mass is 9.88. The quantitative estimate of drug-likeness (QED) is 0.695. The molecule has 0 radical (unpaired) electrons. The lowest BCUT2D eigenvalue weighted by Crippen LogP contribution is -2.63. The minimum atomic E-state index is -0.638. The SMILES string of the molecule is CNC(=O)N(C)C1(Sc2nc3ccccc3s2)CCCCC1NC(N)=O. The highest BCUT2D eigenvalue weighted by Gasteiger charge is 2.48. The summed E-state index contributed by atoms with van der Waals surface area (Å²) in [7, 11) is 3.37. The molecule has 0 bridgehead atoms. The van der Waals surface area contributed by atoms with Gasteiger partial charge in [0.05, 0.1) is 16.3 Å². The summed E-state index contributed by atoms with van der Waals surface area (Å²) in [6.07, 6.45) is 3.47. The fraction of sp³-hybridized carbons (Fsp3) is 0.471. The molecule has 1 aromatic heterocycles. The second-order valence-corrected chi connectivity index (χ2v) is 8.90. The number of thioether (sulfide) groups is 1. The minimum absolute atomic E-state index is 0.197. The lowest BCUT2D eigenvalue weighted by molar-refractivity contribution is 0.134. The van der Waals surface area contributed by atoms with E-state index >= 15 is 0 Å². The fourth-order valence-electron chi connectivity index (χ4n) is 3.46. The molecule has 4 amide bonds. The Labute approximate surface area is 160 Å². The summed E-state index contributed by atoms with van der Waals surface area (Å²) in [6, 6.07) is 6.94. The molecule has 2 unspecified atom stereocenters. The number of para-hydroxylation sites is 1. The third-order valence-corrected chi connectivity index (χ3v) is 7.48. The summed E-state index contributed by atoms with van der Waals surface area (Å²) in [5, 5.41) is 5.55. The van der Waals surface area contributed by atoms with Crippen molar-refractivity contribution in [2.24, 2.45) is 5.73 Å². The average molecular weight is 394 g/mol. The molecule has 140 valence electrons. The first kappa shape index (κ1) is 18.8. The standard InChI is InChI=1S/C17H23N5O2S2/c1-19-15(24)22(2)17(10-6-5-9-13(17)21-14(18)23)26-16-20-11-7-3-4-8-12(11)25-16/h3-4,7-8,13H,5-6,9-10H2,1-2H3,(H,19,24)(H3,18,21,23). The number of nitrogens with zero attached hydrogens (tertiary/aromatic N) is 2. The van der Waals surface area contributed by atoms with E-state index in [-0.39, 0.29) is 12.1 Å². The highest BCUT2D eigenvalue weighted by Crippen LogP contribution is 2.47. The molecule has 1 aromatic carbocycles. The van der Waals surface area contributed by atoms with Crippen LogP contribution >= 0.6 is 23.1 Å². The molecule has 1 aliphatic carbocycles. The third kappa shape index (κ3) is 3.59. The van der Waals surface area contributed by atoms with E-state index in [0.29, 0.717) is 0 Å². The van der Waals surface area contributed by atoms with E-state index < -0.39 is 10.9 Å². The number of aromatic nitrogens is 1. The molecule has 2 atom stereocenters. The van der Waals surface area contributed by atoms with Crippen molar-refractivity contribution < 1.29 is 9.59 Å². The molecular formula is C17H23N5O2S2. The zero-order valence-corrected chi connectivity index (χ0v) is 16.5. The topological polar surface area (TPSA) is 100 Å². The smallest absolute Gasteiger partial charge is 0.318 e. The number of nitrogens with one attached hydrogen (secondary N) is 2. The summed E-state index contributed by atoms with van der Waals surface area (Å²) in [5.41, 5.74) is 6.35. The van der Waals surface area contributed by atoms with Crippen molar-refractivity contribution in [3.8, 4) is 0 Å². The Morgan fingerprint density at radius 2 is 2.15 bits per heavy atom. The number of carbonyl (C=O) groups is 2. The maximum absolute atomic E-state index is 12.5. The van der Waals surface area contributed by atoms with Crippen LogP contribution in [0.5, 0.6) is 0 Å². The normalized spacial score (nSPS) is 22.8. The molecule has 4 N–H and O–H groups in total. The van der Waals surface area contributed by atoms with Gasteiger partial charge in [-0.25, -0.2) is 14.6 Å². The van der Waals surface area contributed by atoms with Crippen molar-refractivity contribution in [2.45, 2.75) is 40.9 Å². The van der Waals surface area contributed by atoms with E-state index in [9.17, 15) is 9.59 Å². The third-order valence-electron chi connectivity index (χ3n) is 4.76. The number of fused-ring (bicyclic) bond motifs is 1. The van der Waals surface area contributed by atoms with Gasteiger partial charge >= 0.3 is 12.1 Å². The van der Waals surface area contributed by atoms with Crippen molar-refractivity contribution in [1.29, 1.82) is 0 Å². The molecule has 7 nitrogen and oxygen atoms in total. The van der Waals surface area contributed by atoms with Gasteiger partial charge in [0.1, 0.15) is 4.87 Å². The number of urea groups is 2. The number of hydrogen-bond donors (Lipinski definition) is 3. The summed E-state index contributed by atoms with van der Waals surface area (Å²) in [6.45, 7) is 0. The fourth-order valence-corrected chi connectivity index (χ4v) is 6.26. The molecule has 1 aliphatic rings. The Bertz CT molecular complexity index is 778. The van der Waals surface area contributed by atoms with Crippen LogP contribution in [0.15, 0.2) is 28.6 Å². The Hall–Kier alpha value is -2.00. The number of nitrogens with two attached hydrogens (primary N) is 1. The maximum atomic E-state index is 12.5. The Morgan fingerprint density at radius 3 is 2.85 bits per heavy atom. The van der Waals surface area contributed by atoms with Gasteiger partial charge in [-0.05, 0) is 25.0 Å². The van der Waals surface area contributed by atoms with Crippen molar-refractivity contribution in [3.63, 3.8) is 0 Å². The number of primary amides is 1. The van der Waals surface area contributed by atoms with Gasteiger partial charge in [-0.15, -0.1) is 11.3 Å². The monoisotopic (exact) mass is 393 g/mol. The number of rotatable bonds is 4. The molecule has 26 heavy (non-hydrogen) atoms.